The van der Waals surface area contributed by atoms with E-state index in [2.05, 4.69) is 18.8 Å². The molecule has 0 spiro atoms. The monoisotopic (exact) mass is 253 g/mol. The minimum atomic E-state index is 0.273. The predicted molar refractivity (Wildman–Crippen MR) is 65.6 cm³/mol. The molecule has 6 nitrogen and oxygen atoms in total. The van der Waals surface area contributed by atoms with Crippen LogP contribution in [-0.4, -0.2) is 24.8 Å². The van der Waals surface area contributed by atoms with Gasteiger partial charge in [-0.1, -0.05) is 26.7 Å². The maximum atomic E-state index is 9.98. The average Bonchev–Trinajstić information content (AvgIpc) is 2.28. The molecular weight excluding hydrogens is 234 g/mol. The van der Waals surface area contributed by atoms with Crippen LogP contribution in [0.3, 0.4) is 0 Å². The fourth-order valence-corrected chi connectivity index (χ4v) is 2.29. The van der Waals surface area contributed by atoms with Crippen molar-refractivity contribution in [1.82, 2.24) is 0 Å². The molecule has 0 saturated heterocycles. The number of nitrogens with zero attached hydrogens (tertiary/aromatic N) is 1. The average molecular weight is 253 g/mol. The summed E-state index contributed by atoms with van der Waals surface area (Å²) in [7, 11) is 0. The molecule has 1 aliphatic rings. The molecule has 0 amide bonds. The van der Waals surface area contributed by atoms with Crippen LogP contribution in [0.2, 0.25) is 0 Å². The van der Waals surface area contributed by atoms with E-state index in [1.807, 2.05) is 0 Å². The molecule has 6 heteroatoms. The maximum absolute atomic E-state index is 9.98. The number of nitrogens with one attached hydrogen (secondary N) is 2. The van der Waals surface area contributed by atoms with E-state index in [9.17, 15) is 4.79 Å². The predicted octanol–water partition coefficient (Wildman–Crippen LogP) is 2.34. The lowest BCUT2D eigenvalue weighted by molar-refractivity contribution is 0.178. The second-order valence-electron chi connectivity index (χ2n) is 4.62. The van der Waals surface area contributed by atoms with Crippen LogP contribution in [-0.2, 0) is 14.4 Å². The van der Waals surface area contributed by atoms with Crippen molar-refractivity contribution in [2.45, 2.75) is 39.5 Å². The molecule has 2 atom stereocenters. The van der Waals surface area contributed by atoms with E-state index in [-0.39, 0.29) is 5.41 Å². The van der Waals surface area contributed by atoms with Crippen molar-refractivity contribution in [3.63, 3.8) is 0 Å². The standard InChI is InChI=1S/C10H17NO.2CHNO/c1-9-4-3-5-10(2,6-9)7-11-8-12;2*2-1-3/h9H,3-7H2,1-2H3;2*2H. The van der Waals surface area contributed by atoms with E-state index >= 15 is 0 Å². The molecule has 2 unspecified atom stereocenters. The Morgan fingerprint density at radius 1 is 1.28 bits per heavy atom. The summed E-state index contributed by atoms with van der Waals surface area (Å²) < 4.78 is 0. The molecule has 0 bridgehead atoms. The lowest BCUT2D eigenvalue weighted by atomic mass is 9.71. The first-order valence-corrected chi connectivity index (χ1v) is 5.61. The number of hydrogen-bond donors (Lipinski definition) is 2. The Bertz CT molecular complexity index is 326. The van der Waals surface area contributed by atoms with Crippen molar-refractivity contribution in [1.29, 1.82) is 10.8 Å². The lowest BCUT2D eigenvalue weighted by Crippen LogP contribution is -2.27. The molecule has 2 N–H and O–H groups in total. The van der Waals surface area contributed by atoms with Crippen molar-refractivity contribution < 1.29 is 14.4 Å². The first kappa shape index (κ1) is 18.5. The quantitative estimate of drug-likeness (QED) is 0.581. The smallest absolute Gasteiger partial charge is 0.222 e. The third kappa shape index (κ3) is 10.7. The Labute approximate surface area is 107 Å². The van der Waals surface area contributed by atoms with E-state index in [4.69, 9.17) is 20.4 Å². The molecule has 1 fully saturated rings. The molecule has 0 aromatic heterocycles. The van der Waals surface area contributed by atoms with Gasteiger partial charge in [0.05, 0.1) is 6.54 Å². The topological polar surface area (TPSA) is 111 Å². The van der Waals surface area contributed by atoms with Crippen molar-refractivity contribution >= 4 is 18.2 Å². The lowest BCUT2D eigenvalue weighted by Gasteiger charge is -2.35. The molecule has 0 aromatic rings. The van der Waals surface area contributed by atoms with Crippen LogP contribution in [0.15, 0.2) is 4.99 Å². The summed E-state index contributed by atoms with van der Waals surface area (Å²) in [5.41, 5.74) is 0.273. The van der Waals surface area contributed by atoms with Gasteiger partial charge < -0.3 is 0 Å². The summed E-state index contributed by atoms with van der Waals surface area (Å²) in [5.74, 6) is 0.797. The van der Waals surface area contributed by atoms with E-state index in [1.54, 1.807) is 6.08 Å². The number of rotatable bonds is 2. The number of aliphatic imine (C=N–C) groups is 1. The van der Waals surface area contributed by atoms with Crippen LogP contribution in [0.5, 0.6) is 0 Å². The van der Waals surface area contributed by atoms with Crippen LogP contribution in [0.25, 0.3) is 0 Å². The van der Waals surface area contributed by atoms with Gasteiger partial charge in [-0.05, 0) is 24.2 Å². The third-order valence-corrected chi connectivity index (χ3v) is 2.84. The Morgan fingerprint density at radius 2 is 1.78 bits per heavy atom. The van der Waals surface area contributed by atoms with Gasteiger partial charge in [0, 0.05) is 0 Å². The fourth-order valence-electron chi connectivity index (χ4n) is 2.29. The summed E-state index contributed by atoms with van der Waals surface area (Å²) >= 11 is 0. The molecule has 1 rings (SSSR count). The van der Waals surface area contributed by atoms with Gasteiger partial charge in [-0.25, -0.2) is 30.2 Å². The van der Waals surface area contributed by atoms with Crippen LogP contribution < -0.4 is 0 Å². The fraction of sp³-hybridized carbons (Fsp3) is 0.750. The second kappa shape index (κ2) is 11.6. The Kier molecular flexibility index (Phi) is 11.9. The van der Waals surface area contributed by atoms with Crippen molar-refractivity contribution in [2.75, 3.05) is 6.54 Å². The highest BCUT2D eigenvalue weighted by Gasteiger charge is 2.29. The Morgan fingerprint density at radius 3 is 2.17 bits per heavy atom. The zero-order valence-electron chi connectivity index (χ0n) is 10.8. The van der Waals surface area contributed by atoms with E-state index < -0.39 is 0 Å². The van der Waals surface area contributed by atoms with Crippen LogP contribution in [0.4, 0.5) is 0 Å². The van der Waals surface area contributed by atoms with Gasteiger partial charge in [-0.2, -0.15) is 0 Å². The Hall–Kier alpha value is -1.86. The number of isocyanates is 3. The van der Waals surface area contributed by atoms with Crippen LogP contribution in [0.1, 0.15) is 39.5 Å². The highest BCUT2D eigenvalue weighted by molar-refractivity contribution is 5.33. The zero-order chi connectivity index (χ0) is 14.4. The van der Waals surface area contributed by atoms with Crippen molar-refractivity contribution in [3.8, 4) is 0 Å². The first-order chi connectivity index (χ1) is 8.49. The molecule has 0 radical (unpaired) electrons. The zero-order valence-corrected chi connectivity index (χ0v) is 10.8. The molecule has 1 aliphatic carbocycles. The molecule has 1 saturated carbocycles. The van der Waals surface area contributed by atoms with E-state index in [1.165, 1.54) is 25.7 Å². The minimum absolute atomic E-state index is 0.273. The largest absolute Gasteiger partial charge is 0.234 e. The first-order valence-electron chi connectivity index (χ1n) is 5.61. The Balaban J connectivity index is 0. The number of hydrogen-bond acceptors (Lipinski definition) is 6. The van der Waals surface area contributed by atoms with Gasteiger partial charge in [-0.3, -0.25) is 0 Å². The molecule has 0 aliphatic heterocycles. The van der Waals surface area contributed by atoms with Gasteiger partial charge in [0.2, 0.25) is 18.2 Å². The van der Waals surface area contributed by atoms with Gasteiger partial charge in [0.15, 0.2) is 0 Å². The SMILES string of the molecule is CC1CCCC(C)(CN=C=O)C1.N=C=O.N=C=O. The van der Waals surface area contributed by atoms with Crippen LogP contribution in [0, 0.1) is 22.2 Å². The molecular formula is C12H19N3O3. The van der Waals surface area contributed by atoms with Gasteiger partial charge in [0.25, 0.3) is 0 Å². The summed E-state index contributed by atoms with van der Waals surface area (Å²) in [6.45, 7) is 5.17. The normalized spacial score (nSPS) is 24.7. The molecule has 0 heterocycles. The van der Waals surface area contributed by atoms with Gasteiger partial charge in [0.1, 0.15) is 0 Å². The van der Waals surface area contributed by atoms with Gasteiger partial charge >= 0.3 is 0 Å². The van der Waals surface area contributed by atoms with E-state index in [0.717, 1.165) is 18.1 Å². The summed E-state index contributed by atoms with van der Waals surface area (Å²) in [5, 5.41) is 10.8. The van der Waals surface area contributed by atoms with Gasteiger partial charge in [-0.15, -0.1) is 0 Å². The molecule has 0 aromatic carbocycles. The highest BCUT2D eigenvalue weighted by Crippen LogP contribution is 2.38. The molecule has 100 valence electrons. The van der Waals surface area contributed by atoms with E-state index in [0.29, 0.717) is 6.54 Å². The molecule has 18 heavy (non-hydrogen) atoms. The summed E-state index contributed by atoms with van der Waals surface area (Å²) in [4.78, 5) is 30.4. The summed E-state index contributed by atoms with van der Waals surface area (Å²) in [6, 6.07) is 0. The number of carbonyl (C=O) groups excluding carboxylic acids is 3. The van der Waals surface area contributed by atoms with Crippen LogP contribution >= 0.6 is 0 Å². The van der Waals surface area contributed by atoms with Crippen molar-refractivity contribution in [3.05, 3.63) is 0 Å². The highest BCUT2D eigenvalue weighted by atomic mass is 16.1. The maximum Gasteiger partial charge on any atom is 0.234 e. The van der Waals surface area contributed by atoms with Crippen molar-refractivity contribution in [2.24, 2.45) is 16.3 Å². The third-order valence-electron chi connectivity index (χ3n) is 2.84. The summed E-state index contributed by atoms with van der Waals surface area (Å²) in [6.07, 6.45) is 8.16. The second-order valence-corrected chi connectivity index (χ2v) is 4.62. The minimum Gasteiger partial charge on any atom is -0.222 e.